The van der Waals surface area contributed by atoms with Crippen LogP contribution < -0.4 is 5.32 Å². The second-order valence-electron chi connectivity index (χ2n) is 3.40. The van der Waals surface area contributed by atoms with Gasteiger partial charge in [0.2, 0.25) is 0 Å². The Labute approximate surface area is 87.2 Å². The van der Waals surface area contributed by atoms with Crippen LogP contribution in [0.4, 0.5) is 0 Å². The first-order valence-corrected chi connectivity index (χ1v) is 5.61. The quantitative estimate of drug-likeness (QED) is 0.805. The summed E-state index contributed by atoms with van der Waals surface area (Å²) in [4.78, 5) is 8.44. The Balaban J connectivity index is 1.81. The summed E-state index contributed by atoms with van der Waals surface area (Å²) < 4.78 is 4.87. The normalized spacial score (nSPS) is 21.8. The van der Waals surface area contributed by atoms with Gasteiger partial charge in [-0.1, -0.05) is 18.7 Å². The topological polar surface area (TPSA) is 50.4 Å². The van der Waals surface area contributed by atoms with Gasteiger partial charge in [-0.2, -0.15) is 0 Å². The molecule has 14 heavy (non-hydrogen) atoms. The third-order valence-electron chi connectivity index (χ3n) is 1.96. The number of hydrogen-bond donors (Lipinski definition) is 1. The van der Waals surface area contributed by atoms with Crippen LogP contribution in [0.1, 0.15) is 12.6 Å². The van der Waals surface area contributed by atoms with Crippen molar-refractivity contribution in [2.75, 3.05) is 12.3 Å². The van der Waals surface area contributed by atoms with Gasteiger partial charge in [-0.25, -0.2) is 4.98 Å². The first-order chi connectivity index (χ1) is 6.84. The minimum atomic E-state index is 0.691. The summed E-state index contributed by atoms with van der Waals surface area (Å²) in [7, 11) is 0. The lowest BCUT2D eigenvalue weighted by Gasteiger charge is -2.17. The highest BCUT2D eigenvalue weighted by Gasteiger charge is 2.11. The Kier molecular flexibility index (Phi) is 3.08. The molecule has 0 amide bonds. The van der Waals surface area contributed by atoms with E-state index in [1.54, 1.807) is 18.0 Å². The smallest absolute Gasteiger partial charge is 0.180 e. The second kappa shape index (κ2) is 4.50. The highest BCUT2D eigenvalue weighted by atomic mass is 32.2. The van der Waals surface area contributed by atoms with E-state index in [2.05, 4.69) is 22.2 Å². The molecule has 0 saturated carbocycles. The van der Waals surface area contributed by atoms with Crippen LogP contribution in [0.25, 0.3) is 0 Å². The fourth-order valence-corrected chi connectivity index (χ4v) is 2.04. The predicted octanol–water partition coefficient (Wildman–Crippen LogP) is 1.50. The number of thioether (sulfide) groups is 1. The largest absolute Gasteiger partial charge is 0.451 e. The summed E-state index contributed by atoms with van der Waals surface area (Å²) in [6, 6.07) is 0. The van der Waals surface area contributed by atoms with Crippen molar-refractivity contribution < 1.29 is 4.42 Å². The van der Waals surface area contributed by atoms with Gasteiger partial charge >= 0.3 is 0 Å². The van der Waals surface area contributed by atoms with E-state index in [1.165, 1.54) is 6.39 Å². The van der Waals surface area contributed by atoms with Crippen molar-refractivity contribution in [1.29, 1.82) is 0 Å². The molecule has 1 atom stereocenters. The molecule has 1 N–H and O–H groups in total. The lowest BCUT2D eigenvalue weighted by molar-refractivity contribution is 0.556. The summed E-state index contributed by atoms with van der Waals surface area (Å²) in [5.74, 6) is 1.84. The van der Waals surface area contributed by atoms with Crippen LogP contribution in [-0.4, -0.2) is 22.4 Å². The molecule has 1 aromatic rings. The summed E-state index contributed by atoms with van der Waals surface area (Å²) in [5.41, 5.74) is 0.909. The first-order valence-electron chi connectivity index (χ1n) is 4.63. The van der Waals surface area contributed by atoms with E-state index >= 15 is 0 Å². The molecule has 0 aromatic carbocycles. The molecule has 2 rings (SSSR count). The van der Waals surface area contributed by atoms with Gasteiger partial charge in [0.05, 0.1) is 12.2 Å². The van der Waals surface area contributed by atoms with Gasteiger partial charge < -0.3 is 9.73 Å². The van der Waals surface area contributed by atoms with Crippen molar-refractivity contribution >= 4 is 16.9 Å². The molecule has 1 aliphatic rings. The van der Waals surface area contributed by atoms with Gasteiger partial charge in [0.15, 0.2) is 11.6 Å². The minimum Gasteiger partial charge on any atom is -0.451 e. The van der Waals surface area contributed by atoms with Crippen LogP contribution in [0.2, 0.25) is 0 Å². The van der Waals surface area contributed by atoms with Crippen molar-refractivity contribution in [2.24, 2.45) is 10.9 Å². The summed E-state index contributed by atoms with van der Waals surface area (Å²) in [6.45, 7) is 3.83. The second-order valence-corrected chi connectivity index (χ2v) is 4.40. The fourth-order valence-electron chi connectivity index (χ4n) is 1.16. The van der Waals surface area contributed by atoms with Crippen molar-refractivity contribution in [2.45, 2.75) is 13.5 Å². The Morgan fingerprint density at radius 1 is 1.71 bits per heavy atom. The molecule has 0 fully saturated rings. The molecule has 0 saturated heterocycles. The van der Waals surface area contributed by atoms with Gasteiger partial charge in [-0.05, 0) is 5.92 Å². The van der Waals surface area contributed by atoms with Crippen LogP contribution in [0.15, 0.2) is 22.1 Å². The predicted molar refractivity (Wildman–Crippen MR) is 57.3 cm³/mol. The van der Waals surface area contributed by atoms with Gasteiger partial charge in [0.1, 0.15) is 6.26 Å². The standard InChI is InChI=1S/C9H13N3OS/c1-7-2-10-9(14-5-7)11-3-8-4-13-6-12-8/h4,6-7H,2-3,5H2,1H3,(H,10,11). The summed E-state index contributed by atoms with van der Waals surface area (Å²) in [5, 5.41) is 4.25. The molecule has 0 bridgehead atoms. The van der Waals surface area contributed by atoms with Crippen LogP contribution >= 0.6 is 11.8 Å². The SMILES string of the molecule is CC1CN=C(NCc2cocn2)SC1. The Morgan fingerprint density at radius 3 is 3.29 bits per heavy atom. The zero-order valence-electron chi connectivity index (χ0n) is 8.06. The first kappa shape index (κ1) is 9.58. The average Bonchev–Trinajstić information content (AvgIpc) is 2.70. The maximum absolute atomic E-state index is 4.87. The van der Waals surface area contributed by atoms with E-state index in [1.807, 2.05) is 0 Å². The van der Waals surface area contributed by atoms with E-state index in [0.29, 0.717) is 12.5 Å². The third kappa shape index (κ3) is 2.51. The molecule has 2 heterocycles. The number of nitrogens with zero attached hydrogens (tertiary/aromatic N) is 2. The maximum Gasteiger partial charge on any atom is 0.180 e. The van der Waals surface area contributed by atoms with Gasteiger partial charge in [-0.15, -0.1) is 0 Å². The number of aliphatic imine (C=N–C) groups is 1. The molecule has 0 radical (unpaired) electrons. The lowest BCUT2D eigenvalue weighted by atomic mass is 10.2. The van der Waals surface area contributed by atoms with Crippen molar-refractivity contribution in [3.63, 3.8) is 0 Å². The molecule has 1 unspecified atom stereocenters. The molecule has 0 aliphatic carbocycles. The van der Waals surface area contributed by atoms with Crippen LogP contribution in [-0.2, 0) is 6.54 Å². The Morgan fingerprint density at radius 2 is 2.64 bits per heavy atom. The van der Waals surface area contributed by atoms with E-state index < -0.39 is 0 Å². The number of hydrogen-bond acceptors (Lipinski definition) is 5. The zero-order valence-corrected chi connectivity index (χ0v) is 8.88. The third-order valence-corrected chi connectivity index (χ3v) is 3.24. The number of amidine groups is 1. The van der Waals surface area contributed by atoms with Crippen LogP contribution in [0.5, 0.6) is 0 Å². The number of nitrogens with one attached hydrogen (secondary N) is 1. The summed E-state index contributed by atoms with van der Waals surface area (Å²) in [6.07, 6.45) is 3.08. The zero-order chi connectivity index (χ0) is 9.80. The van der Waals surface area contributed by atoms with E-state index in [-0.39, 0.29) is 0 Å². The van der Waals surface area contributed by atoms with Crippen LogP contribution in [0, 0.1) is 5.92 Å². The van der Waals surface area contributed by atoms with Gasteiger partial charge in [-0.3, -0.25) is 4.99 Å². The average molecular weight is 211 g/mol. The highest BCUT2D eigenvalue weighted by molar-refractivity contribution is 8.13. The van der Waals surface area contributed by atoms with Gasteiger partial charge in [0, 0.05) is 12.3 Å². The van der Waals surface area contributed by atoms with Crippen LogP contribution in [0.3, 0.4) is 0 Å². The molecule has 1 aliphatic heterocycles. The molecule has 76 valence electrons. The molecular weight excluding hydrogens is 198 g/mol. The van der Waals surface area contributed by atoms with Crippen molar-refractivity contribution in [3.8, 4) is 0 Å². The highest BCUT2D eigenvalue weighted by Crippen LogP contribution is 2.15. The monoisotopic (exact) mass is 211 g/mol. The molecule has 0 spiro atoms. The molecule has 4 nitrogen and oxygen atoms in total. The van der Waals surface area contributed by atoms with Gasteiger partial charge in [0.25, 0.3) is 0 Å². The minimum absolute atomic E-state index is 0.691. The maximum atomic E-state index is 4.87. The molecule has 5 heteroatoms. The van der Waals surface area contributed by atoms with E-state index in [0.717, 1.165) is 23.2 Å². The summed E-state index contributed by atoms with van der Waals surface area (Å²) >= 11 is 1.77. The van der Waals surface area contributed by atoms with E-state index in [9.17, 15) is 0 Å². The fraction of sp³-hybridized carbons (Fsp3) is 0.556. The van der Waals surface area contributed by atoms with Crippen molar-refractivity contribution in [1.82, 2.24) is 10.3 Å². The molecular formula is C9H13N3OS. The lowest BCUT2D eigenvalue weighted by Crippen LogP contribution is -2.25. The van der Waals surface area contributed by atoms with E-state index in [4.69, 9.17) is 4.42 Å². The number of rotatable bonds is 2. The Hall–Kier alpha value is -0.970. The Bertz CT molecular complexity index is 310. The number of aromatic nitrogens is 1. The van der Waals surface area contributed by atoms with Crippen molar-refractivity contribution in [3.05, 3.63) is 18.4 Å². The number of oxazole rings is 1. The molecule has 1 aromatic heterocycles.